The fraction of sp³-hybridized carbons (Fsp3) is 0.879. The largest absolute Gasteiger partial charge is 0.480 e. The standard InChI is InChI=1S/C33H60N2O9/c1-27(36)26-43-25-24-42-23-22-34-30(37)21-20-28(32(39)40)35-31(38)19-17-15-13-11-9-7-5-3-2-4-6-8-10-12-14-16-18-29-33(41)44-29/h28-29,33,41H,2-26H2,1H3,(H,34,37)(H,35,38)(H,39,40)/t28-,29?,33?/m0/s1. The molecule has 1 aliphatic rings. The lowest BCUT2D eigenvalue weighted by Gasteiger charge is -2.14. The molecule has 1 rings (SSSR count). The molecule has 1 fully saturated rings. The van der Waals surface area contributed by atoms with Gasteiger partial charge in [0.1, 0.15) is 18.8 Å². The van der Waals surface area contributed by atoms with Gasteiger partial charge in [-0.15, -0.1) is 0 Å². The first kappa shape index (κ1) is 39.9. The maximum absolute atomic E-state index is 12.2. The van der Waals surface area contributed by atoms with Crippen molar-refractivity contribution in [3.05, 3.63) is 0 Å². The number of carboxylic acid groups (broad SMARTS) is 1. The molecule has 11 nitrogen and oxygen atoms in total. The van der Waals surface area contributed by atoms with Crippen molar-refractivity contribution in [3.63, 3.8) is 0 Å². The Kier molecular flexibility index (Phi) is 24.7. The van der Waals surface area contributed by atoms with Crippen LogP contribution in [0.25, 0.3) is 0 Å². The van der Waals surface area contributed by atoms with Gasteiger partial charge in [0.15, 0.2) is 12.1 Å². The minimum absolute atomic E-state index is 0.0103. The van der Waals surface area contributed by atoms with Gasteiger partial charge in [0.25, 0.3) is 0 Å². The van der Waals surface area contributed by atoms with E-state index in [2.05, 4.69) is 10.6 Å². The summed E-state index contributed by atoms with van der Waals surface area (Å²) in [6.45, 7) is 2.65. The van der Waals surface area contributed by atoms with E-state index >= 15 is 0 Å². The molecule has 0 aliphatic carbocycles. The number of carboxylic acids is 1. The first-order chi connectivity index (χ1) is 21.3. The summed E-state index contributed by atoms with van der Waals surface area (Å²) < 4.78 is 15.4. The fourth-order valence-electron chi connectivity index (χ4n) is 5.04. The number of aliphatic hydroxyl groups excluding tert-OH is 1. The zero-order valence-corrected chi connectivity index (χ0v) is 27.2. The average Bonchev–Trinajstić information content (AvgIpc) is 3.69. The van der Waals surface area contributed by atoms with Crippen molar-refractivity contribution in [2.45, 2.75) is 154 Å². The Labute approximate surface area is 264 Å². The molecule has 1 aliphatic heterocycles. The molecule has 256 valence electrons. The first-order valence-electron chi connectivity index (χ1n) is 17.1. The van der Waals surface area contributed by atoms with Crippen molar-refractivity contribution in [1.29, 1.82) is 0 Å². The quantitative estimate of drug-likeness (QED) is 0.0604. The first-order valence-corrected chi connectivity index (χ1v) is 17.1. The van der Waals surface area contributed by atoms with E-state index in [9.17, 15) is 24.3 Å². The van der Waals surface area contributed by atoms with Gasteiger partial charge in [-0.1, -0.05) is 96.3 Å². The molecule has 1 saturated heterocycles. The highest BCUT2D eigenvalue weighted by Crippen LogP contribution is 2.25. The zero-order valence-electron chi connectivity index (χ0n) is 27.2. The van der Waals surface area contributed by atoms with Crippen LogP contribution in [0, 0.1) is 0 Å². The highest BCUT2D eigenvalue weighted by molar-refractivity contribution is 5.84. The summed E-state index contributed by atoms with van der Waals surface area (Å²) in [5.74, 6) is -1.79. The van der Waals surface area contributed by atoms with Gasteiger partial charge < -0.3 is 35.1 Å². The van der Waals surface area contributed by atoms with Gasteiger partial charge in [0, 0.05) is 19.4 Å². The van der Waals surface area contributed by atoms with Crippen molar-refractivity contribution < 1.29 is 43.6 Å². The molecule has 0 aromatic carbocycles. The molecule has 2 unspecified atom stereocenters. The number of amides is 2. The Morgan fingerprint density at radius 2 is 1.20 bits per heavy atom. The van der Waals surface area contributed by atoms with E-state index in [0.29, 0.717) is 19.6 Å². The second-order valence-corrected chi connectivity index (χ2v) is 12.0. The molecule has 0 spiro atoms. The number of aliphatic hydroxyl groups is 1. The monoisotopic (exact) mass is 628 g/mol. The molecule has 3 atom stereocenters. The third-order valence-electron chi connectivity index (χ3n) is 7.74. The summed E-state index contributed by atoms with van der Waals surface area (Å²) in [4.78, 5) is 46.5. The van der Waals surface area contributed by atoms with Gasteiger partial charge in [-0.2, -0.15) is 0 Å². The molecule has 0 aromatic heterocycles. The molecule has 0 saturated carbocycles. The Bertz CT molecular complexity index is 780. The van der Waals surface area contributed by atoms with Crippen molar-refractivity contribution in [3.8, 4) is 0 Å². The minimum atomic E-state index is -1.14. The third kappa shape index (κ3) is 25.3. The fourth-order valence-corrected chi connectivity index (χ4v) is 5.04. The van der Waals surface area contributed by atoms with Gasteiger partial charge in [-0.3, -0.25) is 14.4 Å². The number of carbonyl (C=O) groups is 4. The maximum atomic E-state index is 12.2. The highest BCUT2D eigenvalue weighted by atomic mass is 16.7. The Morgan fingerprint density at radius 3 is 1.70 bits per heavy atom. The lowest BCUT2D eigenvalue weighted by molar-refractivity contribution is -0.142. The maximum Gasteiger partial charge on any atom is 0.326 e. The molecular weight excluding hydrogens is 568 g/mol. The molecule has 44 heavy (non-hydrogen) atoms. The van der Waals surface area contributed by atoms with Crippen LogP contribution >= 0.6 is 0 Å². The Balaban J connectivity index is 1.87. The second kappa shape index (κ2) is 27.2. The minimum Gasteiger partial charge on any atom is -0.480 e. The molecule has 0 aromatic rings. The van der Waals surface area contributed by atoms with E-state index in [1.54, 1.807) is 0 Å². The third-order valence-corrected chi connectivity index (χ3v) is 7.74. The van der Waals surface area contributed by atoms with Gasteiger partial charge in [0.2, 0.25) is 11.8 Å². The van der Waals surface area contributed by atoms with Gasteiger partial charge >= 0.3 is 5.97 Å². The summed E-state index contributed by atoms with van der Waals surface area (Å²) >= 11 is 0. The van der Waals surface area contributed by atoms with Crippen LogP contribution in [0.2, 0.25) is 0 Å². The van der Waals surface area contributed by atoms with Crippen LogP contribution in [0.15, 0.2) is 0 Å². The number of hydrogen-bond donors (Lipinski definition) is 4. The zero-order chi connectivity index (χ0) is 32.3. The number of hydrogen-bond acceptors (Lipinski definition) is 8. The normalized spacial score (nSPS) is 16.4. The van der Waals surface area contributed by atoms with E-state index in [4.69, 9.17) is 19.3 Å². The molecular formula is C33H60N2O9. The van der Waals surface area contributed by atoms with E-state index in [-0.39, 0.29) is 56.3 Å². The van der Waals surface area contributed by atoms with Gasteiger partial charge in [-0.05, 0) is 26.2 Å². The smallest absolute Gasteiger partial charge is 0.326 e. The topological polar surface area (TPSA) is 164 Å². The van der Waals surface area contributed by atoms with E-state index in [1.165, 1.54) is 84.0 Å². The van der Waals surface area contributed by atoms with Crippen molar-refractivity contribution in [2.75, 3.05) is 33.0 Å². The van der Waals surface area contributed by atoms with Crippen LogP contribution in [0.4, 0.5) is 0 Å². The van der Waals surface area contributed by atoms with E-state index in [0.717, 1.165) is 32.1 Å². The Morgan fingerprint density at radius 1 is 0.705 bits per heavy atom. The number of carbonyl (C=O) groups excluding carboxylic acids is 3. The predicted octanol–water partition coefficient (Wildman–Crippen LogP) is 4.81. The number of aliphatic carboxylic acids is 1. The highest BCUT2D eigenvalue weighted by Gasteiger charge is 2.35. The van der Waals surface area contributed by atoms with Crippen LogP contribution < -0.4 is 10.6 Å². The molecule has 4 N–H and O–H groups in total. The molecule has 0 radical (unpaired) electrons. The lowest BCUT2D eigenvalue weighted by atomic mass is 10.0. The van der Waals surface area contributed by atoms with Crippen LogP contribution in [0.1, 0.15) is 135 Å². The number of epoxide rings is 1. The van der Waals surface area contributed by atoms with Crippen LogP contribution in [-0.2, 0) is 33.4 Å². The van der Waals surface area contributed by atoms with Crippen LogP contribution in [-0.4, -0.2) is 85.2 Å². The summed E-state index contributed by atoms with van der Waals surface area (Å²) in [5, 5.41) is 23.7. The number of rotatable bonds is 32. The summed E-state index contributed by atoms with van der Waals surface area (Å²) in [7, 11) is 0. The van der Waals surface area contributed by atoms with E-state index < -0.39 is 18.3 Å². The van der Waals surface area contributed by atoms with Crippen LogP contribution in [0.5, 0.6) is 0 Å². The summed E-state index contributed by atoms with van der Waals surface area (Å²) in [6.07, 6.45) is 20.3. The van der Waals surface area contributed by atoms with Crippen molar-refractivity contribution >= 4 is 23.6 Å². The van der Waals surface area contributed by atoms with Crippen molar-refractivity contribution in [2.24, 2.45) is 0 Å². The molecule has 2 amide bonds. The summed E-state index contributed by atoms with van der Waals surface area (Å²) in [6, 6.07) is -1.09. The number of unbranched alkanes of at least 4 members (excludes halogenated alkanes) is 15. The lowest BCUT2D eigenvalue weighted by Crippen LogP contribution is -2.41. The van der Waals surface area contributed by atoms with Crippen molar-refractivity contribution in [1.82, 2.24) is 10.6 Å². The average molecular weight is 629 g/mol. The molecule has 11 heteroatoms. The second-order valence-electron chi connectivity index (χ2n) is 12.0. The SMILES string of the molecule is CC(=O)COCCOCCNC(=O)CC[C@H](NC(=O)CCCCCCCCCCCCCCCCCCC1OC1O)C(=O)O. The Hall–Kier alpha value is -2.08. The van der Waals surface area contributed by atoms with Crippen LogP contribution in [0.3, 0.4) is 0 Å². The van der Waals surface area contributed by atoms with Gasteiger partial charge in [-0.25, -0.2) is 4.79 Å². The predicted molar refractivity (Wildman–Crippen MR) is 168 cm³/mol. The number of nitrogens with one attached hydrogen (secondary N) is 2. The van der Waals surface area contributed by atoms with Gasteiger partial charge in [0.05, 0.1) is 19.8 Å². The number of Topliss-reactive ketones (excluding diaryl/α,β-unsaturated/α-hetero) is 1. The molecule has 0 bridgehead atoms. The summed E-state index contributed by atoms with van der Waals surface area (Å²) in [5.41, 5.74) is 0. The number of ether oxygens (including phenoxy) is 3. The number of ketones is 1. The van der Waals surface area contributed by atoms with E-state index in [1.807, 2.05) is 0 Å². The molecule has 1 heterocycles.